The van der Waals surface area contributed by atoms with E-state index < -0.39 is 0 Å². The Balaban J connectivity index is 2.67. The highest BCUT2D eigenvalue weighted by atomic mass is 35.5. The van der Waals surface area contributed by atoms with Gasteiger partial charge in [0, 0.05) is 19.9 Å². The molecule has 0 aromatic carbocycles. The minimum Gasteiger partial charge on any atom is -0.396 e. The van der Waals surface area contributed by atoms with Crippen LogP contribution in [0.2, 0.25) is 5.15 Å². The largest absolute Gasteiger partial charge is 0.396 e. The highest BCUT2D eigenvalue weighted by Gasteiger charge is 2.15. The van der Waals surface area contributed by atoms with E-state index in [1.807, 2.05) is 0 Å². The van der Waals surface area contributed by atoms with Crippen molar-refractivity contribution in [3.63, 3.8) is 0 Å². The van der Waals surface area contributed by atoms with Crippen molar-refractivity contribution in [2.45, 2.75) is 12.5 Å². The van der Waals surface area contributed by atoms with Gasteiger partial charge in [-0.05, 0) is 18.6 Å². The van der Waals surface area contributed by atoms with Crippen LogP contribution in [0.3, 0.4) is 0 Å². The number of aliphatic hydroxyl groups excluding tert-OH is 1. The fourth-order valence-corrected chi connectivity index (χ4v) is 1.58. The van der Waals surface area contributed by atoms with Gasteiger partial charge in [-0.1, -0.05) is 11.6 Å². The summed E-state index contributed by atoms with van der Waals surface area (Å²) in [6, 6.07) is 2.99. The summed E-state index contributed by atoms with van der Waals surface area (Å²) in [6.07, 6.45) is 1.94. The third kappa shape index (κ3) is 4.30. The molecule has 0 saturated heterocycles. The van der Waals surface area contributed by atoms with E-state index >= 15 is 0 Å². The van der Waals surface area contributed by atoms with Crippen molar-refractivity contribution in [3.8, 4) is 0 Å². The van der Waals surface area contributed by atoms with Crippen LogP contribution in [0, 0.1) is 0 Å². The van der Waals surface area contributed by atoms with Gasteiger partial charge in [-0.3, -0.25) is 4.79 Å². The Labute approximate surface area is 105 Å². The molecule has 94 valence electrons. The summed E-state index contributed by atoms with van der Waals surface area (Å²) >= 11 is 5.80. The van der Waals surface area contributed by atoms with Gasteiger partial charge in [-0.25, -0.2) is 4.98 Å². The van der Waals surface area contributed by atoms with Crippen LogP contribution in [0.1, 0.15) is 16.8 Å². The fraction of sp³-hybridized carbons (Fsp3) is 0.455. The molecule has 0 aliphatic heterocycles. The van der Waals surface area contributed by atoms with E-state index in [0.29, 0.717) is 18.6 Å². The maximum Gasteiger partial charge on any atom is 0.254 e. The molecule has 0 aliphatic rings. The molecular weight excluding hydrogens is 244 g/mol. The number of aromatic nitrogens is 1. The minimum atomic E-state index is -0.321. The standard InChI is InChI=1S/C11H15ClN2O3/c1-17-7-8(4-6-15)14-11(16)9-3-2-5-13-10(9)12/h2-3,5,8,15H,4,6-7H2,1H3,(H,14,16). The number of carbonyl (C=O) groups is 1. The lowest BCUT2D eigenvalue weighted by Gasteiger charge is -2.16. The van der Waals surface area contributed by atoms with Gasteiger partial charge in [-0.15, -0.1) is 0 Å². The molecule has 1 atom stereocenters. The summed E-state index contributed by atoms with van der Waals surface area (Å²) in [6.45, 7) is 0.319. The summed E-state index contributed by atoms with van der Waals surface area (Å²) in [5.41, 5.74) is 0.313. The molecule has 1 heterocycles. The van der Waals surface area contributed by atoms with Gasteiger partial charge in [-0.2, -0.15) is 0 Å². The molecular formula is C11H15ClN2O3. The monoisotopic (exact) mass is 258 g/mol. The molecule has 0 fully saturated rings. The number of halogens is 1. The molecule has 1 aromatic rings. The number of rotatable bonds is 6. The molecule has 0 spiro atoms. The molecule has 1 amide bonds. The molecule has 1 unspecified atom stereocenters. The molecule has 2 N–H and O–H groups in total. The molecule has 0 saturated carbocycles. The van der Waals surface area contributed by atoms with E-state index in [2.05, 4.69) is 10.3 Å². The van der Waals surface area contributed by atoms with Crippen LogP contribution in [0.4, 0.5) is 0 Å². The number of nitrogens with zero attached hydrogens (tertiary/aromatic N) is 1. The van der Waals surface area contributed by atoms with Gasteiger partial charge in [0.2, 0.25) is 0 Å². The van der Waals surface area contributed by atoms with Crippen LogP contribution in [-0.2, 0) is 4.74 Å². The first kappa shape index (κ1) is 13.9. The average Bonchev–Trinajstić information content (AvgIpc) is 2.30. The van der Waals surface area contributed by atoms with Crippen molar-refractivity contribution in [1.82, 2.24) is 10.3 Å². The van der Waals surface area contributed by atoms with Gasteiger partial charge in [0.25, 0.3) is 5.91 Å². The van der Waals surface area contributed by atoms with Crippen LogP contribution in [0.15, 0.2) is 18.3 Å². The lowest BCUT2D eigenvalue weighted by molar-refractivity contribution is 0.0878. The number of nitrogens with one attached hydrogen (secondary N) is 1. The number of methoxy groups -OCH3 is 1. The van der Waals surface area contributed by atoms with Crippen LogP contribution < -0.4 is 5.32 Å². The maximum absolute atomic E-state index is 11.9. The summed E-state index contributed by atoms with van der Waals surface area (Å²) in [5.74, 6) is -0.321. The Morgan fingerprint density at radius 2 is 2.47 bits per heavy atom. The highest BCUT2D eigenvalue weighted by molar-refractivity contribution is 6.32. The minimum absolute atomic E-state index is 0.0188. The summed E-state index contributed by atoms with van der Waals surface area (Å²) in [7, 11) is 1.54. The topological polar surface area (TPSA) is 71.5 Å². The van der Waals surface area contributed by atoms with Gasteiger partial charge < -0.3 is 15.2 Å². The number of hydrogen-bond donors (Lipinski definition) is 2. The Bertz CT molecular complexity index is 367. The quantitative estimate of drug-likeness (QED) is 0.743. The molecule has 1 aromatic heterocycles. The Morgan fingerprint density at radius 1 is 1.71 bits per heavy atom. The van der Waals surface area contributed by atoms with Gasteiger partial charge in [0.15, 0.2) is 0 Å². The molecule has 0 bridgehead atoms. The third-order valence-corrected chi connectivity index (χ3v) is 2.49. The lowest BCUT2D eigenvalue weighted by Crippen LogP contribution is -2.38. The molecule has 17 heavy (non-hydrogen) atoms. The van der Waals surface area contributed by atoms with E-state index in [1.165, 1.54) is 13.3 Å². The molecule has 6 heteroatoms. The fourth-order valence-electron chi connectivity index (χ4n) is 1.37. The Morgan fingerprint density at radius 3 is 3.06 bits per heavy atom. The van der Waals surface area contributed by atoms with Crippen molar-refractivity contribution in [2.75, 3.05) is 20.3 Å². The number of pyridine rings is 1. The van der Waals surface area contributed by atoms with Crippen molar-refractivity contribution < 1.29 is 14.6 Å². The van der Waals surface area contributed by atoms with Crippen molar-refractivity contribution in [2.24, 2.45) is 0 Å². The van der Waals surface area contributed by atoms with Gasteiger partial charge in [0.1, 0.15) is 5.15 Å². The van der Waals surface area contributed by atoms with Crippen molar-refractivity contribution in [1.29, 1.82) is 0 Å². The molecule has 1 rings (SSSR count). The summed E-state index contributed by atoms with van der Waals surface area (Å²) in [5, 5.41) is 11.7. The van der Waals surface area contributed by atoms with Crippen LogP contribution in [0.5, 0.6) is 0 Å². The van der Waals surface area contributed by atoms with E-state index in [4.69, 9.17) is 21.4 Å². The van der Waals surface area contributed by atoms with Crippen molar-refractivity contribution >= 4 is 17.5 Å². The first-order valence-electron chi connectivity index (χ1n) is 5.20. The molecule has 0 radical (unpaired) electrons. The third-order valence-electron chi connectivity index (χ3n) is 2.18. The Hall–Kier alpha value is -1.17. The maximum atomic E-state index is 11.9. The number of aliphatic hydroxyl groups is 1. The second-order valence-electron chi connectivity index (χ2n) is 3.48. The number of carbonyl (C=O) groups excluding carboxylic acids is 1. The highest BCUT2D eigenvalue weighted by Crippen LogP contribution is 2.11. The van der Waals surface area contributed by atoms with Crippen molar-refractivity contribution in [3.05, 3.63) is 29.0 Å². The van der Waals surface area contributed by atoms with E-state index in [9.17, 15) is 4.79 Å². The smallest absolute Gasteiger partial charge is 0.254 e. The second kappa shape index (κ2) is 7.21. The van der Waals surface area contributed by atoms with E-state index in [0.717, 1.165) is 0 Å². The number of hydrogen-bond acceptors (Lipinski definition) is 4. The summed E-state index contributed by atoms with van der Waals surface area (Å²) in [4.78, 5) is 15.7. The van der Waals surface area contributed by atoms with Crippen LogP contribution in [0.25, 0.3) is 0 Å². The van der Waals surface area contributed by atoms with E-state index in [1.54, 1.807) is 12.1 Å². The van der Waals surface area contributed by atoms with Crippen LogP contribution >= 0.6 is 11.6 Å². The molecule has 5 nitrogen and oxygen atoms in total. The Kier molecular flexibility index (Phi) is 5.90. The number of ether oxygens (including phenoxy) is 1. The van der Waals surface area contributed by atoms with Crippen LogP contribution in [-0.4, -0.2) is 42.4 Å². The number of amides is 1. The molecule has 0 aliphatic carbocycles. The first-order chi connectivity index (χ1) is 8.19. The van der Waals surface area contributed by atoms with Gasteiger partial charge >= 0.3 is 0 Å². The van der Waals surface area contributed by atoms with Gasteiger partial charge in [0.05, 0.1) is 18.2 Å². The predicted octanol–water partition coefficient (Wildman–Crippen LogP) is 0.862. The lowest BCUT2D eigenvalue weighted by atomic mass is 10.2. The zero-order valence-electron chi connectivity index (χ0n) is 9.52. The van der Waals surface area contributed by atoms with E-state index in [-0.39, 0.29) is 23.7 Å². The first-order valence-corrected chi connectivity index (χ1v) is 5.58. The zero-order valence-corrected chi connectivity index (χ0v) is 10.3. The average molecular weight is 259 g/mol. The predicted molar refractivity (Wildman–Crippen MR) is 64.1 cm³/mol. The second-order valence-corrected chi connectivity index (χ2v) is 3.84. The SMILES string of the molecule is COCC(CCO)NC(=O)c1cccnc1Cl. The summed E-state index contributed by atoms with van der Waals surface area (Å²) < 4.78 is 4.95. The zero-order chi connectivity index (χ0) is 12.7. The normalized spacial score (nSPS) is 12.2.